The maximum Gasteiger partial charge on any atom is 0.268 e. The van der Waals surface area contributed by atoms with Crippen molar-refractivity contribution in [3.63, 3.8) is 0 Å². The molecule has 3 aromatic carbocycles. The van der Waals surface area contributed by atoms with Crippen molar-refractivity contribution in [1.82, 2.24) is 3.97 Å². The molecule has 4 rings (SSSR count). The summed E-state index contributed by atoms with van der Waals surface area (Å²) in [5.41, 5.74) is 0.805. The van der Waals surface area contributed by atoms with Crippen LogP contribution in [0.15, 0.2) is 83.8 Å². The summed E-state index contributed by atoms with van der Waals surface area (Å²) in [6, 6.07) is 21.2. The number of benzene rings is 3. The molecule has 0 saturated heterocycles. The van der Waals surface area contributed by atoms with Gasteiger partial charge in [-0.25, -0.2) is 12.4 Å². The van der Waals surface area contributed by atoms with Crippen LogP contribution < -0.4 is 9.47 Å². The van der Waals surface area contributed by atoms with Crippen molar-refractivity contribution in [2.45, 2.75) is 4.90 Å². The van der Waals surface area contributed by atoms with Crippen molar-refractivity contribution < 1.29 is 22.7 Å². The standard InChI is InChI=1S/C23H19NO5S/c1-28-18-10-8-16(9-11-18)23(25)22-15-17-14-19(29-2)12-13-21(17)24(22)30(26,27)20-6-4-3-5-7-20/h3-15H,1-2H3. The molecule has 0 atom stereocenters. The summed E-state index contributed by atoms with van der Waals surface area (Å²) < 4.78 is 38.5. The van der Waals surface area contributed by atoms with Crippen LogP contribution in [0.5, 0.6) is 11.5 Å². The summed E-state index contributed by atoms with van der Waals surface area (Å²) in [4.78, 5) is 13.4. The molecule has 0 aliphatic carbocycles. The fourth-order valence-electron chi connectivity index (χ4n) is 3.30. The second-order valence-electron chi connectivity index (χ2n) is 6.59. The van der Waals surface area contributed by atoms with E-state index in [1.165, 1.54) is 26.4 Å². The number of nitrogens with zero attached hydrogens (tertiary/aromatic N) is 1. The fraction of sp³-hybridized carbons (Fsp3) is 0.0870. The molecule has 0 unspecified atom stereocenters. The van der Waals surface area contributed by atoms with E-state index >= 15 is 0 Å². The van der Waals surface area contributed by atoms with Crippen LogP contribution >= 0.6 is 0 Å². The van der Waals surface area contributed by atoms with Gasteiger partial charge < -0.3 is 9.47 Å². The molecule has 30 heavy (non-hydrogen) atoms. The van der Waals surface area contributed by atoms with Crippen molar-refractivity contribution in [3.05, 3.63) is 90.1 Å². The Labute approximate surface area is 174 Å². The minimum absolute atomic E-state index is 0.0484. The van der Waals surface area contributed by atoms with Crippen LogP contribution in [0.4, 0.5) is 0 Å². The van der Waals surface area contributed by atoms with Crippen molar-refractivity contribution >= 4 is 26.7 Å². The smallest absolute Gasteiger partial charge is 0.268 e. The summed E-state index contributed by atoms with van der Waals surface area (Å²) in [7, 11) is -0.942. The van der Waals surface area contributed by atoms with Crippen molar-refractivity contribution in [2.75, 3.05) is 14.2 Å². The number of carbonyl (C=O) groups is 1. The third-order valence-corrected chi connectivity index (χ3v) is 6.57. The number of hydrogen-bond acceptors (Lipinski definition) is 5. The number of fused-ring (bicyclic) bond motifs is 1. The van der Waals surface area contributed by atoms with Gasteiger partial charge >= 0.3 is 0 Å². The molecule has 0 N–H and O–H groups in total. The molecule has 0 radical (unpaired) electrons. The SMILES string of the molecule is COc1ccc(C(=O)c2cc3cc(OC)ccc3n2S(=O)(=O)c2ccccc2)cc1. The van der Waals surface area contributed by atoms with Gasteiger partial charge in [0.15, 0.2) is 0 Å². The van der Waals surface area contributed by atoms with Crippen LogP contribution in [-0.4, -0.2) is 32.4 Å². The molecule has 0 aliphatic rings. The van der Waals surface area contributed by atoms with Crippen LogP contribution in [-0.2, 0) is 10.0 Å². The minimum atomic E-state index is -4.01. The molecule has 152 valence electrons. The van der Waals surface area contributed by atoms with E-state index in [0.717, 1.165) is 3.97 Å². The fourth-order valence-corrected chi connectivity index (χ4v) is 4.83. The zero-order valence-corrected chi connectivity index (χ0v) is 17.2. The van der Waals surface area contributed by atoms with Crippen LogP contribution in [0.3, 0.4) is 0 Å². The monoisotopic (exact) mass is 421 g/mol. The summed E-state index contributed by atoms with van der Waals surface area (Å²) in [5.74, 6) is 0.765. The first-order valence-electron chi connectivity index (χ1n) is 9.14. The lowest BCUT2D eigenvalue weighted by Gasteiger charge is -2.12. The number of carbonyl (C=O) groups excluding carboxylic acids is 1. The Kier molecular flexibility index (Phi) is 5.05. The summed E-state index contributed by atoms with van der Waals surface area (Å²) in [6.45, 7) is 0. The van der Waals surface area contributed by atoms with E-state index < -0.39 is 15.8 Å². The summed E-state index contributed by atoms with van der Waals surface area (Å²) >= 11 is 0. The van der Waals surface area contributed by atoms with Gasteiger partial charge in [0.2, 0.25) is 5.78 Å². The largest absolute Gasteiger partial charge is 0.497 e. The van der Waals surface area contributed by atoms with Crippen LogP contribution in [0.25, 0.3) is 10.9 Å². The molecular formula is C23H19NO5S. The Morgan fingerprint density at radius 2 is 1.43 bits per heavy atom. The highest BCUT2D eigenvalue weighted by atomic mass is 32.2. The third-order valence-electron chi connectivity index (χ3n) is 4.83. The van der Waals surface area contributed by atoms with E-state index in [9.17, 15) is 13.2 Å². The third kappa shape index (κ3) is 3.33. The quantitative estimate of drug-likeness (QED) is 0.438. The van der Waals surface area contributed by atoms with Crippen molar-refractivity contribution in [3.8, 4) is 11.5 Å². The second-order valence-corrected chi connectivity index (χ2v) is 8.38. The van der Waals surface area contributed by atoms with E-state index in [4.69, 9.17) is 9.47 Å². The van der Waals surface area contributed by atoms with Gasteiger partial charge in [-0.1, -0.05) is 18.2 Å². The van der Waals surface area contributed by atoms with E-state index in [2.05, 4.69) is 0 Å². The molecule has 0 aliphatic heterocycles. The van der Waals surface area contributed by atoms with Gasteiger partial charge in [-0.05, 0) is 60.7 Å². The Bertz CT molecular complexity index is 1320. The molecule has 0 saturated carbocycles. The van der Waals surface area contributed by atoms with Gasteiger partial charge in [0.05, 0.1) is 24.6 Å². The van der Waals surface area contributed by atoms with Gasteiger partial charge in [0.25, 0.3) is 10.0 Å². The Balaban J connectivity index is 1.96. The van der Waals surface area contributed by atoms with E-state index in [1.54, 1.807) is 66.7 Å². The second kappa shape index (κ2) is 7.68. The molecule has 1 aromatic heterocycles. The molecule has 1 heterocycles. The van der Waals surface area contributed by atoms with Crippen LogP contribution in [0.2, 0.25) is 0 Å². The Morgan fingerprint density at radius 3 is 2.07 bits per heavy atom. The molecule has 7 heteroatoms. The zero-order valence-electron chi connectivity index (χ0n) is 16.4. The summed E-state index contributed by atoms with van der Waals surface area (Å²) in [6.07, 6.45) is 0. The number of ketones is 1. The highest BCUT2D eigenvalue weighted by Crippen LogP contribution is 2.30. The number of hydrogen-bond donors (Lipinski definition) is 0. The van der Waals surface area contributed by atoms with Gasteiger partial charge in [-0.3, -0.25) is 4.79 Å². The summed E-state index contributed by atoms with van der Waals surface area (Å²) in [5, 5.41) is 0.589. The van der Waals surface area contributed by atoms with E-state index in [1.807, 2.05) is 0 Å². The normalized spacial score (nSPS) is 11.4. The molecule has 6 nitrogen and oxygen atoms in total. The Morgan fingerprint density at radius 1 is 0.800 bits per heavy atom. The maximum atomic E-state index is 13.5. The molecule has 0 spiro atoms. The van der Waals surface area contributed by atoms with Gasteiger partial charge in [-0.15, -0.1) is 0 Å². The lowest BCUT2D eigenvalue weighted by atomic mass is 10.1. The average molecular weight is 421 g/mol. The molecule has 0 bridgehead atoms. The Hall–Kier alpha value is -3.58. The lowest BCUT2D eigenvalue weighted by Crippen LogP contribution is -2.19. The number of rotatable bonds is 6. The number of methoxy groups -OCH3 is 2. The number of aromatic nitrogens is 1. The first-order valence-corrected chi connectivity index (χ1v) is 10.6. The van der Waals surface area contributed by atoms with E-state index in [0.29, 0.717) is 28.0 Å². The van der Waals surface area contributed by atoms with E-state index in [-0.39, 0.29) is 10.6 Å². The predicted octanol–water partition coefficient (Wildman–Crippen LogP) is 4.13. The molecule has 4 aromatic rings. The highest BCUT2D eigenvalue weighted by Gasteiger charge is 2.27. The lowest BCUT2D eigenvalue weighted by molar-refractivity contribution is 0.103. The first-order chi connectivity index (χ1) is 14.5. The molecular weight excluding hydrogens is 402 g/mol. The van der Waals surface area contributed by atoms with Crippen molar-refractivity contribution in [2.24, 2.45) is 0 Å². The predicted molar refractivity (Wildman–Crippen MR) is 114 cm³/mol. The highest BCUT2D eigenvalue weighted by molar-refractivity contribution is 7.90. The average Bonchev–Trinajstić information content (AvgIpc) is 3.18. The molecule has 0 fully saturated rings. The van der Waals surface area contributed by atoms with Crippen LogP contribution in [0, 0.1) is 0 Å². The van der Waals surface area contributed by atoms with Gasteiger partial charge in [-0.2, -0.15) is 0 Å². The number of ether oxygens (including phenoxy) is 2. The van der Waals surface area contributed by atoms with Gasteiger partial charge in [0.1, 0.15) is 17.2 Å². The van der Waals surface area contributed by atoms with Crippen molar-refractivity contribution in [1.29, 1.82) is 0 Å². The zero-order chi connectivity index (χ0) is 21.3. The molecule has 0 amide bonds. The topological polar surface area (TPSA) is 74.6 Å². The van der Waals surface area contributed by atoms with Crippen LogP contribution in [0.1, 0.15) is 16.1 Å². The van der Waals surface area contributed by atoms with Gasteiger partial charge in [0, 0.05) is 10.9 Å². The first kappa shape index (κ1) is 19.7. The maximum absolute atomic E-state index is 13.5. The minimum Gasteiger partial charge on any atom is -0.497 e.